The van der Waals surface area contributed by atoms with E-state index in [4.69, 9.17) is 4.74 Å². The van der Waals surface area contributed by atoms with Crippen LogP contribution in [0.3, 0.4) is 0 Å². The molecule has 0 aliphatic heterocycles. The Morgan fingerprint density at radius 2 is 1.82 bits per heavy atom. The summed E-state index contributed by atoms with van der Waals surface area (Å²) in [6.45, 7) is 10.5. The van der Waals surface area contributed by atoms with Crippen LogP contribution in [0.1, 0.15) is 67.9 Å². The molecule has 10 heteroatoms. The number of carbonyl (C=O) groups is 3. The van der Waals surface area contributed by atoms with E-state index in [2.05, 4.69) is 10.6 Å². The van der Waals surface area contributed by atoms with Gasteiger partial charge in [0.2, 0.25) is 5.91 Å². The van der Waals surface area contributed by atoms with Gasteiger partial charge < -0.3 is 15.4 Å². The fourth-order valence-electron chi connectivity index (χ4n) is 2.96. The van der Waals surface area contributed by atoms with Gasteiger partial charge in [0, 0.05) is 11.5 Å². The minimum atomic E-state index is -0.973. The molecule has 0 bridgehead atoms. The summed E-state index contributed by atoms with van der Waals surface area (Å²) in [5.74, 6) is -1.28. The number of nitrogens with one attached hydrogen (secondary N) is 2. The Hall–Kier alpha value is -3.27. The van der Waals surface area contributed by atoms with E-state index in [9.17, 15) is 24.5 Å². The lowest BCUT2D eigenvalue weighted by Gasteiger charge is -2.19. The molecule has 2 rings (SSSR count). The first-order valence-electron chi connectivity index (χ1n) is 10.4. The van der Waals surface area contributed by atoms with Gasteiger partial charge in [-0.2, -0.15) is 0 Å². The van der Waals surface area contributed by atoms with E-state index in [0.717, 1.165) is 11.3 Å². The summed E-state index contributed by atoms with van der Waals surface area (Å²) in [5.41, 5.74) is 0.0232. The number of benzene rings is 1. The first-order chi connectivity index (χ1) is 15.3. The first kappa shape index (κ1) is 26.0. The van der Waals surface area contributed by atoms with Crippen LogP contribution in [-0.2, 0) is 14.3 Å². The van der Waals surface area contributed by atoms with Gasteiger partial charge in [0.05, 0.1) is 38.9 Å². The third kappa shape index (κ3) is 7.11. The molecule has 0 fully saturated rings. The lowest BCUT2D eigenvalue weighted by Crippen LogP contribution is -2.31. The number of carbonyl (C=O) groups excluding carboxylic acids is 3. The van der Waals surface area contributed by atoms with Gasteiger partial charge in [-0.15, -0.1) is 11.3 Å². The summed E-state index contributed by atoms with van der Waals surface area (Å²) in [6.07, 6.45) is -0.638. The van der Waals surface area contributed by atoms with E-state index in [-0.39, 0.29) is 29.7 Å². The number of nitrogens with zero attached hydrogens (tertiary/aromatic N) is 1. The van der Waals surface area contributed by atoms with E-state index < -0.39 is 28.3 Å². The summed E-state index contributed by atoms with van der Waals surface area (Å²) < 4.78 is 5.19. The maximum absolute atomic E-state index is 13.1. The van der Waals surface area contributed by atoms with Crippen molar-refractivity contribution in [2.45, 2.75) is 60.1 Å². The maximum atomic E-state index is 13.1. The number of nitro benzene ring substituents is 1. The monoisotopic (exact) mass is 475 g/mol. The number of hydrogen-bond acceptors (Lipinski definition) is 7. The van der Waals surface area contributed by atoms with Crippen LogP contribution in [0.25, 0.3) is 0 Å². The van der Waals surface area contributed by atoms with Crippen molar-refractivity contribution >= 4 is 39.8 Å². The summed E-state index contributed by atoms with van der Waals surface area (Å²) in [5, 5.41) is 17.6. The molecule has 1 aromatic heterocycles. The highest BCUT2D eigenvalue weighted by Crippen LogP contribution is 2.31. The molecule has 0 saturated carbocycles. The lowest BCUT2D eigenvalue weighted by molar-refractivity contribution is -0.385. The number of nitro groups is 1. The Balaban J connectivity index is 2.33. The van der Waals surface area contributed by atoms with E-state index in [1.54, 1.807) is 53.7 Å². The van der Waals surface area contributed by atoms with Crippen molar-refractivity contribution in [2.75, 3.05) is 5.32 Å². The molecule has 2 aromatic rings. The molecule has 1 aromatic carbocycles. The van der Waals surface area contributed by atoms with E-state index >= 15 is 0 Å². The average molecular weight is 476 g/mol. The summed E-state index contributed by atoms with van der Waals surface area (Å²) >= 11 is 1.10. The molecule has 2 amide bonds. The van der Waals surface area contributed by atoms with Crippen LogP contribution in [0.5, 0.6) is 0 Å². The largest absolute Gasteiger partial charge is 0.463 e. The predicted octanol–water partition coefficient (Wildman–Crippen LogP) is 4.76. The van der Waals surface area contributed by atoms with E-state index in [1.807, 2.05) is 0 Å². The molecule has 0 radical (unpaired) electrons. The van der Waals surface area contributed by atoms with Crippen molar-refractivity contribution < 1.29 is 24.0 Å². The van der Waals surface area contributed by atoms with E-state index in [1.165, 1.54) is 18.2 Å². The van der Waals surface area contributed by atoms with Crippen molar-refractivity contribution in [3.05, 3.63) is 56.5 Å². The van der Waals surface area contributed by atoms with Crippen LogP contribution in [-0.4, -0.2) is 28.8 Å². The molecule has 33 heavy (non-hydrogen) atoms. The number of rotatable bonds is 8. The second-order valence-corrected chi connectivity index (χ2v) is 9.96. The van der Waals surface area contributed by atoms with Crippen LogP contribution in [0.15, 0.2) is 30.3 Å². The molecule has 1 unspecified atom stereocenters. The number of hydrogen-bond donors (Lipinski definition) is 2. The molecule has 9 nitrogen and oxygen atoms in total. The molecule has 0 aliphatic rings. The van der Waals surface area contributed by atoms with Crippen LogP contribution in [0.4, 0.5) is 10.7 Å². The second kappa shape index (κ2) is 10.6. The number of esters is 1. The fraction of sp³-hybridized carbons (Fsp3) is 0.435. The third-order valence-electron chi connectivity index (χ3n) is 4.59. The van der Waals surface area contributed by atoms with E-state index in [0.29, 0.717) is 15.4 Å². The molecular weight excluding hydrogens is 446 g/mol. The second-order valence-electron chi connectivity index (χ2n) is 8.91. The highest BCUT2D eigenvalue weighted by atomic mass is 32.1. The number of aryl methyl sites for hydroxylation is 1. The van der Waals surface area contributed by atoms with Crippen molar-refractivity contribution in [3.63, 3.8) is 0 Å². The molecular formula is C23H29N3O6S. The number of ether oxygens (including phenoxy) is 1. The highest BCUT2D eigenvalue weighted by molar-refractivity contribution is 7.18. The normalized spacial score (nSPS) is 12.2. The lowest BCUT2D eigenvalue weighted by atomic mass is 9.96. The van der Waals surface area contributed by atoms with Gasteiger partial charge in [-0.05, 0) is 32.4 Å². The minimum Gasteiger partial charge on any atom is -0.463 e. The van der Waals surface area contributed by atoms with Gasteiger partial charge in [0.15, 0.2) is 0 Å². The number of amides is 2. The molecule has 1 heterocycles. The van der Waals surface area contributed by atoms with Gasteiger partial charge in [-0.25, -0.2) is 0 Å². The van der Waals surface area contributed by atoms with Gasteiger partial charge in [-0.3, -0.25) is 24.5 Å². The predicted molar refractivity (Wildman–Crippen MR) is 126 cm³/mol. The zero-order valence-corrected chi connectivity index (χ0v) is 20.4. The molecule has 1 atom stereocenters. The number of para-hydroxylation sites is 1. The van der Waals surface area contributed by atoms with Gasteiger partial charge >= 0.3 is 5.97 Å². The maximum Gasteiger partial charge on any atom is 0.308 e. The number of anilines is 1. The molecule has 178 valence electrons. The van der Waals surface area contributed by atoms with Crippen LogP contribution in [0.2, 0.25) is 0 Å². The van der Waals surface area contributed by atoms with Gasteiger partial charge in [0.25, 0.3) is 11.6 Å². The average Bonchev–Trinajstić information content (AvgIpc) is 3.06. The fourth-order valence-corrected chi connectivity index (χ4v) is 3.93. The summed E-state index contributed by atoms with van der Waals surface area (Å²) in [7, 11) is 0. The van der Waals surface area contributed by atoms with Crippen LogP contribution >= 0.6 is 11.3 Å². The van der Waals surface area contributed by atoms with Gasteiger partial charge in [-0.1, -0.05) is 39.0 Å². The quantitative estimate of drug-likeness (QED) is 0.322. The van der Waals surface area contributed by atoms with Crippen molar-refractivity contribution in [2.24, 2.45) is 5.41 Å². The Labute approximate surface area is 196 Å². The molecule has 0 spiro atoms. The molecule has 0 saturated heterocycles. The molecule has 0 aliphatic carbocycles. The zero-order valence-electron chi connectivity index (χ0n) is 19.6. The van der Waals surface area contributed by atoms with Crippen molar-refractivity contribution in [1.29, 1.82) is 0 Å². The van der Waals surface area contributed by atoms with Crippen molar-refractivity contribution in [1.82, 2.24) is 5.32 Å². The zero-order chi connectivity index (χ0) is 24.9. The molecule has 2 N–H and O–H groups in total. The van der Waals surface area contributed by atoms with Crippen LogP contribution in [0, 0.1) is 22.5 Å². The number of thiophene rings is 1. The summed E-state index contributed by atoms with van der Waals surface area (Å²) in [4.78, 5) is 49.0. The Kier molecular flexibility index (Phi) is 8.32. The van der Waals surface area contributed by atoms with Crippen molar-refractivity contribution in [3.8, 4) is 0 Å². The van der Waals surface area contributed by atoms with Gasteiger partial charge in [0.1, 0.15) is 0 Å². The smallest absolute Gasteiger partial charge is 0.308 e. The topological polar surface area (TPSA) is 128 Å². The third-order valence-corrected chi connectivity index (χ3v) is 5.75. The highest BCUT2D eigenvalue weighted by Gasteiger charge is 2.28. The standard InChI is InChI=1S/C23H29N3O6S/c1-13(2)32-19(27)12-16(15-9-7-8-10-17(15)26(30)31)24-21(28)20-14(3)11-18(33-20)25-22(29)23(4,5)6/h7-11,13,16H,12H2,1-6H3,(H,24,28)(H,25,29). The Morgan fingerprint density at radius 3 is 2.39 bits per heavy atom. The Bertz CT molecular complexity index is 1050. The Morgan fingerprint density at radius 1 is 1.18 bits per heavy atom. The first-order valence-corrected chi connectivity index (χ1v) is 11.3. The van der Waals surface area contributed by atoms with Crippen LogP contribution < -0.4 is 10.6 Å². The SMILES string of the molecule is Cc1cc(NC(=O)C(C)(C)C)sc1C(=O)NC(CC(=O)OC(C)C)c1ccccc1[N+](=O)[O-]. The minimum absolute atomic E-state index is 0.190. The summed E-state index contributed by atoms with van der Waals surface area (Å²) in [6, 6.07) is 6.66.